The second-order valence-electron chi connectivity index (χ2n) is 5.49. The summed E-state index contributed by atoms with van der Waals surface area (Å²) in [5.74, 6) is 0.0782. The number of carbonyl (C=O) groups is 2. The van der Waals surface area contributed by atoms with Gasteiger partial charge in [0, 0.05) is 7.05 Å². The van der Waals surface area contributed by atoms with Gasteiger partial charge in [-0.15, -0.1) is 0 Å². The second-order valence-corrected chi connectivity index (χ2v) is 5.49. The Morgan fingerprint density at radius 2 is 2.24 bits per heavy atom. The molecule has 0 bridgehead atoms. The molecule has 1 aliphatic heterocycles. The van der Waals surface area contributed by atoms with Gasteiger partial charge in [-0.3, -0.25) is 4.79 Å². The van der Waals surface area contributed by atoms with Gasteiger partial charge >= 0.3 is 6.09 Å². The molecule has 2 rings (SSSR count). The molecule has 2 heterocycles. The minimum Gasteiger partial charge on any atom is -0.474 e. The molecular weight excluding hydrogens is 296 g/mol. The van der Waals surface area contributed by atoms with Crippen LogP contribution in [0.3, 0.4) is 0 Å². The van der Waals surface area contributed by atoms with Crippen molar-refractivity contribution in [1.82, 2.24) is 15.1 Å². The average Bonchev–Trinajstić information content (AvgIpc) is 2.54. The number of alkyl carbamates (subject to hydrolysis) is 1. The summed E-state index contributed by atoms with van der Waals surface area (Å²) in [5.41, 5.74) is -0.148. The van der Waals surface area contributed by atoms with Crippen LogP contribution in [0.15, 0.2) is 6.20 Å². The third kappa shape index (κ3) is 4.28. The van der Waals surface area contributed by atoms with Gasteiger partial charge in [0.25, 0.3) is 5.91 Å². The highest BCUT2D eigenvalue weighted by Crippen LogP contribution is 2.25. The molecular formula is C12H20N4O4S. The molecule has 1 aromatic heterocycles. The smallest absolute Gasteiger partial charge is 0.408 e. The number of hydrogen-bond donors (Lipinski definition) is 2. The van der Waals surface area contributed by atoms with Crippen LogP contribution in [0.1, 0.15) is 20.8 Å². The first-order valence-electron chi connectivity index (χ1n) is 6.21. The molecule has 0 unspecified atom stereocenters. The molecule has 0 radical (unpaired) electrons. The Balaban J connectivity index is 0.00000220. The van der Waals surface area contributed by atoms with E-state index in [1.165, 1.54) is 10.9 Å². The van der Waals surface area contributed by atoms with E-state index in [2.05, 4.69) is 15.7 Å². The topological polar surface area (TPSA) is 94.5 Å². The van der Waals surface area contributed by atoms with Crippen molar-refractivity contribution in [3.05, 3.63) is 6.20 Å². The zero-order valence-corrected chi connectivity index (χ0v) is 13.4. The van der Waals surface area contributed by atoms with E-state index in [-0.39, 0.29) is 26.0 Å². The summed E-state index contributed by atoms with van der Waals surface area (Å²) in [6.07, 6.45) is 0.827. The lowest BCUT2D eigenvalue weighted by Gasteiger charge is -2.22. The van der Waals surface area contributed by atoms with Crippen LogP contribution in [-0.4, -0.2) is 40.0 Å². The standard InChI is InChI=1S/C12H18N4O4.H2S/c1-12(2,3)20-11(18)15-8-6-19-10-7(14-9(8)17)5-13-16(10)4;/h5,8H,6H2,1-4H3,(H,14,17)(H,15,18);1H2/t8-;/m0./s1. The van der Waals surface area contributed by atoms with Crippen LogP contribution in [0.25, 0.3) is 0 Å². The molecule has 1 aromatic rings. The fourth-order valence-corrected chi connectivity index (χ4v) is 1.70. The van der Waals surface area contributed by atoms with Crippen molar-refractivity contribution >= 4 is 31.2 Å². The van der Waals surface area contributed by atoms with E-state index in [0.29, 0.717) is 11.6 Å². The number of fused-ring (bicyclic) bond motifs is 1. The monoisotopic (exact) mass is 316 g/mol. The number of aryl methyl sites for hydroxylation is 1. The van der Waals surface area contributed by atoms with E-state index in [4.69, 9.17) is 9.47 Å². The number of carbonyl (C=O) groups excluding carboxylic acids is 2. The van der Waals surface area contributed by atoms with Crippen molar-refractivity contribution in [2.75, 3.05) is 11.9 Å². The van der Waals surface area contributed by atoms with Gasteiger partial charge in [0.15, 0.2) is 0 Å². The minimum absolute atomic E-state index is 0. The summed E-state index contributed by atoms with van der Waals surface area (Å²) in [7, 11) is 1.70. The lowest BCUT2D eigenvalue weighted by atomic mass is 10.2. The maximum absolute atomic E-state index is 12.0. The van der Waals surface area contributed by atoms with Crippen molar-refractivity contribution in [2.45, 2.75) is 32.4 Å². The fraction of sp³-hybridized carbons (Fsp3) is 0.583. The molecule has 1 aliphatic rings. The van der Waals surface area contributed by atoms with E-state index in [9.17, 15) is 9.59 Å². The molecule has 0 aliphatic carbocycles. The number of anilines is 1. The lowest BCUT2D eigenvalue weighted by molar-refractivity contribution is -0.118. The van der Waals surface area contributed by atoms with Crippen LogP contribution in [-0.2, 0) is 16.6 Å². The number of rotatable bonds is 1. The van der Waals surface area contributed by atoms with Gasteiger partial charge in [0.1, 0.15) is 23.9 Å². The number of ether oxygens (including phenoxy) is 2. The van der Waals surface area contributed by atoms with Crippen molar-refractivity contribution < 1.29 is 19.1 Å². The summed E-state index contributed by atoms with van der Waals surface area (Å²) in [6, 6.07) is -0.822. The maximum Gasteiger partial charge on any atom is 0.408 e. The Morgan fingerprint density at radius 1 is 1.57 bits per heavy atom. The molecule has 2 amide bonds. The Labute approximate surface area is 129 Å². The molecule has 0 fully saturated rings. The molecule has 0 saturated heterocycles. The third-order valence-electron chi connectivity index (χ3n) is 2.54. The van der Waals surface area contributed by atoms with E-state index in [0.717, 1.165) is 0 Å². The van der Waals surface area contributed by atoms with Crippen LogP contribution in [0.5, 0.6) is 5.88 Å². The summed E-state index contributed by atoms with van der Waals surface area (Å²) < 4.78 is 12.1. The van der Waals surface area contributed by atoms with Gasteiger partial charge in [-0.25, -0.2) is 9.48 Å². The zero-order valence-electron chi connectivity index (χ0n) is 12.4. The van der Waals surface area contributed by atoms with Crippen LogP contribution in [0.2, 0.25) is 0 Å². The lowest BCUT2D eigenvalue weighted by Crippen LogP contribution is -2.48. The first-order valence-corrected chi connectivity index (χ1v) is 6.21. The van der Waals surface area contributed by atoms with Gasteiger partial charge in [0.2, 0.25) is 5.88 Å². The predicted molar refractivity (Wildman–Crippen MR) is 80.9 cm³/mol. The van der Waals surface area contributed by atoms with Crippen LogP contribution < -0.4 is 15.4 Å². The first kappa shape index (κ1) is 17.2. The van der Waals surface area contributed by atoms with Gasteiger partial charge in [-0.1, -0.05) is 0 Å². The first-order chi connectivity index (χ1) is 9.26. The summed E-state index contributed by atoms with van der Waals surface area (Å²) in [6.45, 7) is 5.25. The normalized spacial score (nSPS) is 17.5. The van der Waals surface area contributed by atoms with Crippen LogP contribution in [0, 0.1) is 0 Å². The molecule has 0 saturated carbocycles. The van der Waals surface area contributed by atoms with E-state index in [1.807, 2.05) is 0 Å². The SMILES string of the molecule is Cn1ncc2c1OC[C@H](NC(=O)OC(C)(C)C)C(=O)N2.S. The Morgan fingerprint density at radius 3 is 2.86 bits per heavy atom. The van der Waals surface area contributed by atoms with Crippen molar-refractivity contribution in [1.29, 1.82) is 0 Å². The maximum atomic E-state index is 12.0. The molecule has 1 atom stereocenters. The summed E-state index contributed by atoms with van der Waals surface area (Å²) in [4.78, 5) is 23.7. The van der Waals surface area contributed by atoms with Crippen LogP contribution in [0.4, 0.5) is 10.5 Å². The quantitative estimate of drug-likeness (QED) is 0.797. The Kier molecular flexibility index (Phi) is 5.10. The Bertz CT molecular complexity index is 538. The predicted octanol–water partition coefficient (Wildman–Crippen LogP) is 0.757. The van der Waals surface area contributed by atoms with E-state index >= 15 is 0 Å². The number of amides is 2. The number of nitrogens with one attached hydrogen (secondary N) is 2. The number of nitrogens with zero attached hydrogens (tertiary/aromatic N) is 2. The van der Waals surface area contributed by atoms with Gasteiger partial charge in [-0.05, 0) is 20.8 Å². The highest BCUT2D eigenvalue weighted by atomic mass is 32.1. The van der Waals surface area contributed by atoms with Crippen molar-refractivity contribution in [3.8, 4) is 5.88 Å². The molecule has 21 heavy (non-hydrogen) atoms. The van der Waals surface area contributed by atoms with E-state index in [1.54, 1.807) is 27.8 Å². The third-order valence-corrected chi connectivity index (χ3v) is 2.54. The molecule has 8 nitrogen and oxygen atoms in total. The molecule has 2 N–H and O–H groups in total. The molecule has 9 heteroatoms. The van der Waals surface area contributed by atoms with Crippen molar-refractivity contribution in [2.24, 2.45) is 7.05 Å². The summed E-state index contributed by atoms with van der Waals surface area (Å²) in [5, 5.41) is 9.10. The van der Waals surface area contributed by atoms with Crippen molar-refractivity contribution in [3.63, 3.8) is 0 Å². The number of hydrogen-bond acceptors (Lipinski definition) is 5. The van der Waals surface area contributed by atoms with E-state index < -0.39 is 17.7 Å². The largest absolute Gasteiger partial charge is 0.474 e. The molecule has 0 spiro atoms. The summed E-state index contributed by atoms with van der Waals surface area (Å²) >= 11 is 0. The highest BCUT2D eigenvalue weighted by molar-refractivity contribution is 7.59. The fourth-order valence-electron chi connectivity index (χ4n) is 1.70. The van der Waals surface area contributed by atoms with Gasteiger partial charge < -0.3 is 20.1 Å². The average molecular weight is 316 g/mol. The zero-order chi connectivity index (χ0) is 14.9. The number of aromatic nitrogens is 2. The van der Waals surface area contributed by atoms with Gasteiger partial charge in [0.05, 0.1) is 6.20 Å². The van der Waals surface area contributed by atoms with Gasteiger partial charge in [-0.2, -0.15) is 18.6 Å². The molecule has 0 aromatic carbocycles. The highest BCUT2D eigenvalue weighted by Gasteiger charge is 2.29. The molecule has 118 valence electrons. The van der Waals surface area contributed by atoms with Crippen LogP contribution >= 0.6 is 13.5 Å². The Hall–Kier alpha value is -1.90. The second kappa shape index (κ2) is 6.25. The minimum atomic E-state index is -0.822.